The van der Waals surface area contributed by atoms with Crippen molar-refractivity contribution in [3.63, 3.8) is 0 Å². The molecule has 0 saturated heterocycles. The number of benzene rings is 10. The zero-order valence-electron chi connectivity index (χ0n) is 30.4. The molecule has 260 valence electrons. The van der Waals surface area contributed by atoms with Gasteiger partial charge in [0.15, 0.2) is 0 Å². The molecule has 0 aliphatic carbocycles. The minimum absolute atomic E-state index is 0.909. The Labute approximate surface area is 323 Å². The number of aromatic nitrogens is 1. The lowest BCUT2D eigenvalue weighted by Gasteiger charge is -2.18. The molecule has 0 amide bonds. The first kappa shape index (κ1) is 31.0. The fourth-order valence-corrected chi connectivity index (χ4v) is 9.29. The van der Waals surface area contributed by atoms with E-state index in [1.165, 1.54) is 98.6 Å². The maximum Gasteiger partial charge on any atom is 0.136 e. The highest BCUT2D eigenvalue weighted by Crippen LogP contribution is 2.46. The van der Waals surface area contributed by atoms with E-state index in [4.69, 9.17) is 4.42 Å². The van der Waals surface area contributed by atoms with Crippen molar-refractivity contribution in [1.29, 1.82) is 0 Å². The van der Waals surface area contributed by atoms with Gasteiger partial charge in [0.2, 0.25) is 0 Å². The summed E-state index contributed by atoms with van der Waals surface area (Å²) in [5, 5.41) is 12.2. The van der Waals surface area contributed by atoms with Crippen LogP contribution < -0.4 is 0 Å². The van der Waals surface area contributed by atoms with E-state index in [9.17, 15) is 0 Å². The van der Waals surface area contributed by atoms with Crippen molar-refractivity contribution in [2.45, 2.75) is 0 Å². The zero-order chi connectivity index (χ0) is 36.7. The van der Waals surface area contributed by atoms with Crippen molar-refractivity contribution in [3.8, 4) is 39.1 Å². The Balaban J connectivity index is 1.01. The summed E-state index contributed by atoms with van der Waals surface area (Å²) in [6.45, 7) is 0. The lowest BCUT2D eigenvalue weighted by molar-refractivity contribution is 0.669. The third-order valence-electron chi connectivity index (χ3n) is 11.8. The van der Waals surface area contributed by atoms with E-state index in [0.717, 1.165) is 16.6 Å². The molecule has 0 bridgehead atoms. The molecule has 12 rings (SSSR count). The summed E-state index contributed by atoms with van der Waals surface area (Å²) in [6.07, 6.45) is 0. The molecular formula is C54H33NO. The molecule has 0 unspecified atom stereocenters. The minimum atomic E-state index is 0.909. The van der Waals surface area contributed by atoms with E-state index < -0.39 is 0 Å². The smallest absolute Gasteiger partial charge is 0.136 e. The molecule has 2 heterocycles. The van der Waals surface area contributed by atoms with Crippen LogP contribution in [0.3, 0.4) is 0 Å². The molecule has 0 saturated carbocycles. The van der Waals surface area contributed by atoms with Crippen LogP contribution in [0.4, 0.5) is 0 Å². The first-order valence-corrected chi connectivity index (χ1v) is 19.3. The van der Waals surface area contributed by atoms with Crippen molar-refractivity contribution in [2.24, 2.45) is 0 Å². The summed E-state index contributed by atoms with van der Waals surface area (Å²) in [6, 6.07) is 72.8. The molecular weight excluding hydrogens is 679 g/mol. The van der Waals surface area contributed by atoms with E-state index in [2.05, 4.69) is 205 Å². The number of para-hydroxylation sites is 2. The Morgan fingerprint density at radius 1 is 0.304 bits per heavy atom. The Morgan fingerprint density at radius 3 is 1.55 bits per heavy atom. The summed E-state index contributed by atoms with van der Waals surface area (Å²) in [5.41, 5.74) is 12.7. The number of furan rings is 1. The topological polar surface area (TPSA) is 18.1 Å². The lowest BCUT2D eigenvalue weighted by atomic mass is 9.85. The largest absolute Gasteiger partial charge is 0.456 e. The van der Waals surface area contributed by atoms with Crippen molar-refractivity contribution < 1.29 is 4.42 Å². The molecule has 2 nitrogen and oxygen atoms in total. The van der Waals surface area contributed by atoms with Crippen LogP contribution >= 0.6 is 0 Å². The fourth-order valence-electron chi connectivity index (χ4n) is 9.29. The average molecular weight is 712 g/mol. The Bertz CT molecular complexity index is 3460. The molecule has 56 heavy (non-hydrogen) atoms. The Hall–Kier alpha value is -7.42. The maximum absolute atomic E-state index is 6.40. The van der Waals surface area contributed by atoms with Crippen molar-refractivity contribution in [2.75, 3.05) is 0 Å². The van der Waals surface area contributed by atoms with Gasteiger partial charge in [-0.15, -0.1) is 0 Å². The van der Waals surface area contributed by atoms with E-state index in [1.807, 2.05) is 0 Å². The molecule has 0 atom stereocenters. The van der Waals surface area contributed by atoms with E-state index in [-0.39, 0.29) is 0 Å². The van der Waals surface area contributed by atoms with Gasteiger partial charge in [0.25, 0.3) is 0 Å². The highest BCUT2D eigenvalue weighted by atomic mass is 16.3. The van der Waals surface area contributed by atoms with Gasteiger partial charge in [-0.05, 0) is 114 Å². The van der Waals surface area contributed by atoms with Gasteiger partial charge in [-0.25, -0.2) is 0 Å². The first-order valence-electron chi connectivity index (χ1n) is 19.3. The van der Waals surface area contributed by atoms with Crippen LogP contribution in [0.5, 0.6) is 0 Å². The van der Waals surface area contributed by atoms with E-state index in [1.54, 1.807) is 0 Å². The summed E-state index contributed by atoms with van der Waals surface area (Å²) < 4.78 is 8.77. The number of hydrogen-bond acceptors (Lipinski definition) is 1. The number of fused-ring (bicyclic) bond motifs is 10. The third kappa shape index (κ3) is 4.57. The fraction of sp³-hybridized carbons (Fsp3) is 0. The predicted molar refractivity (Wildman–Crippen MR) is 237 cm³/mol. The van der Waals surface area contributed by atoms with Crippen LogP contribution in [0.2, 0.25) is 0 Å². The van der Waals surface area contributed by atoms with Crippen molar-refractivity contribution in [1.82, 2.24) is 4.57 Å². The van der Waals surface area contributed by atoms with Crippen LogP contribution in [0, 0.1) is 0 Å². The number of rotatable bonds is 4. The summed E-state index contributed by atoms with van der Waals surface area (Å²) >= 11 is 0. The second-order valence-corrected chi connectivity index (χ2v) is 14.8. The van der Waals surface area contributed by atoms with Gasteiger partial charge in [0.1, 0.15) is 11.2 Å². The molecule has 10 aromatic carbocycles. The molecule has 2 aromatic heterocycles. The van der Waals surface area contributed by atoms with Gasteiger partial charge in [0, 0.05) is 27.2 Å². The molecule has 0 spiro atoms. The molecule has 2 heteroatoms. The van der Waals surface area contributed by atoms with Gasteiger partial charge in [0.05, 0.1) is 11.0 Å². The summed E-state index contributed by atoms with van der Waals surface area (Å²) in [7, 11) is 0. The van der Waals surface area contributed by atoms with Crippen LogP contribution in [0.1, 0.15) is 0 Å². The molecule has 0 fully saturated rings. The molecule has 0 N–H and O–H groups in total. The van der Waals surface area contributed by atoms with E-state index >= 15 is 0 Å². The maximum atomic E-state index is 6.40. The second-order valence-electron chi connectivity index (χ2n) is 14.8. The SMILES string of the molecule is c1ccc(-n2c3ccccc3c3cc(-c4ccc(-c5c6ccccc6c(-c6ccc7oc8ccc9ccccc9c8c7c6)c6ccccc56)cc4)ccc32)cc1. The summed E-state index contributed by atoms with van der Waals surface area (Å²) in [5.74, 6) is 0. The molecule has 0 aliphatic heterocycles. The lowest BCUT2D eigenvalue weighted by Crippen LogP contribution is -1.92. The van der Waals surface area contributed by atoms with Crippen molar-refractivity contribution in [3.05, 3.63) is 200 Å². The Morgan fingerprint density at radius 2 is 0.821 bits per heavy atom. The molecule has 12 aromatic rings. The van der Waals surface area contributed by atoms with Crippen LogP contribution in [0.25, 0.3) is 115 Å². The van der Waals surface area contributed by atoms with Gasteiger partial charge in [-0.1, -0.05) is 152 Å². The summed E-state index contributed by atoms with van der Waals surface area (Å²) in [4.78, 5) is 0. The van der Waals surface area contributed by atoms with Gasteiger partial charge >= 0.3 is 0 Å². The molecule has 0 aliphatic rings. The number of nitrogens with zero attached hydrogens (tertiary/aromatic N) is 1. The second kappa shape index (κ2) is 12.0. The normalized spacial score (nSPS) is 11.9. The van der Waals surface area contributed by atoms with Crippen LogP contribution in [-0.2, 0) is 0 Å². The monoisotopic (exact) mass is 711 g/mol. The van der Waals surface area contributed by atoms with E-state index in [0.29, 0.717) is 0 Å². The van der Waals surface area contributed by atoms with Gasteiger partial charge in [-0.3, -0.25) is 0 Å². The predicted octanol–water partition coefficient (Wildman–Crippen LogP) is 15.1. The Kier molecular flexibility index (Phi) is 6.66. The average Bonchev–Trinajstić information content (AvgIpc) is 3.81. The highest BCUT2D eigenvalue weighted by molar-refractivity contribution is 6.24. The highest BCUT2D eigenvalue weighted by Gasteiger charge is 2.19. The van der Waals surface area contributed by atoms with Crippen LogP contribution in [0.15, 0.2) is 205 Å². The van der Waals surface area contributed by atoms with Crippen molar-refractivity contribution >= 4 is 76.1 Å². The standard InChI is InChI=1S/C54H33NO/c1-2-13-39(14-3-1)55-48-21-11-10-16-41(48)46-32-37(26-29-49(46)55)34-22-24-36(25-23-34)52-42-17-6-8-19-44(42)53(45-20-9-7-18-43(45)52)38-28-30-50-47(33-38)54-40-15-5-4-12-35(40)27-31-51(54)56-50/h1-33H. The zero-order valence-corrected chi connectivity index (χ0v) is 30.4. The van der Waals surface area contributed by atoms with Gasteiger partial charge in [-0.2, -0.15) is 0 Å². The first-order chi connectivity index (χ1) is 27.8. The van der Waals surface area contributed by atoms with Crippen LogP contribution in [-0.4, -0.2) is 4.57 Å². The third-order valence-corrected chi connectivity index (χ3v) is 11.8. The number of hydrogen-bond donors (Lipinski definition) is 0. The molecule has 0 radical (unpaired) electrons. The minimum Gasteiger partial charge on any atom is -0.456 e. The van der Waals surface area contributed by atoms with Gasteiger partial charge < -0.3 is 8.98 Å². The quantitative estimate of drug-likeness (QED) is 0.166.